The van der Waals surface area contributed by atoms with Gasteiger partial charge >= 0.3 is 0 Å². The Morgan fingerprint density at radius 2 is 0.514 bits per heavy atom. The van der Waals surface area contributed by atoms with Gasteiger partial charge in [-0.25, -0.2) is 0 Å². The van der Waals surface area contributed by atoms with Crippen LogP contribution in [0, 0.1) is 47.4 Å². The lowest BCUT2D eigenvalue weighted by atomic mass is 10.1. The summed E-state index contributed by atoms with van der Waals surface area (Å²) in [5.41, 5.74) is 9.70. The Balaban J connectivity index is 0.996. The van der Waals surface area contributed by atoms with Crippen LogP contribution in [0.3, 0.4) is 0 Å². The monoisotopic (exact) mass is 956 g/mol. The maximum Gasteiger partial charge on any atom is 0.137 e. The molecule has 0 N–H and O–H groups in total. The molecule has 0 aromatic heterocycles. The summed E-state index contributed by atoms with van der Waals surface area (Å²) in [6.45, 7) is 2.33. The average molecular weight is 957 g/mol. The standard InChI is InChI=1S/C60H52N4O8/c1-65-57-33-54-26-22-46-7-15-50(16-8-46)38-62-42-70-31-32-72-44-64-40-52-19-11-48(12-20-52)24-28-56-36-59(67-3)55(35-60(56)68-4)27-23-47-9-17-51(18-10-47)39-63-43-71-30-29-69-41-61-37-49-13-5-45(6-14-49)21-25-53(57)34-58(54)66-2/h5-20,33-40H,29-32,41-44H2,1-4H3. The van der Waals surface area contributed by atoms with Gasteiger partial charge in [-0.3, -0.25) is 20.0 Å². The van der Waals surface area contributed by atoms with E-state index >= 15 is 0 Å². The molecule has 22 rings (SSSR count). The molecule has 16 heterocycles. The van der Waals surface area contributed by atoms with Gasteiger partial charge in [-0.15, -0.1) is 0 Å². The maximum atomic E-state index is 5.69. The van der Waals surface area contributed by atoms with Crippen LogP contribution in [0.5, 0.6) is 23.0 Å². The van der Waals surface area contributed by atoms with E-state index in [2.05, 4.69) is 67.3 Å². The van der Waals surface area contributed by atoms with Gasteiger partial charge in [0, 0.05) is 71.4 Å². The van der Waals surface area contributed by atoms with Crippen molar-refractivity contribution in [3.63, 3.8) is 0 Å². The predicted octanol–water partition coefficient (Wildman–Crippen LogP) is 8.61. The van der Waals surface area contributed by atoms with Crippen molar-refractivity contribution >= 4 is 24.9 Å². The number of rotatable bonds is 4. The fourth-order valence-corrected chi connectivity index (χ4v) is 6.63. The zero-order chi connectivity index (χ0) is 50.0. The molecule has 12 bridgehead atoms. The molecule has 360 valence electrons. The molecule has 6 aromatic carbocycles. The van der Waals surface area contributed by atoms with E-state index in [9.17, 15) is 0 Å². The van der Waals surface area contributed by atoms with E-state index in [1.165, 1.54) is 0 Å². The number of ether oxygens (including phenoxy) is 8. The van der Waals surface area contributed by atoms with Crippen molar-refractivity contribution in [1.29, 1.82) is 0 Å². The minimum absolute atomic E-state index is 0.201. The SMILES string of the molecule is COc1cc2c(OC)cc1C#Cc1ccc(cc1)C=NCOCCOCN=Cc1ccc(cc1)C#Cc1cc(OC)c(cc1OC)C#Cc1ccc(cc1)C=NCOCCOCN=Cc1ccc(cc1)C#C2. The van der Waals surface area contributed by atoms with Crippen LogP contribution < -0.4 is 18.9 Å². The minimum atomic E-state index is 0.201. The van der Waals surface area contributed by atoms with Gasteiger partial charge in [-0.1, -0.05) is 95.9 Å². The molecule has 6 aromatic rings. The topological polar surface area (TPSA) is 123 Å². The molecule has 12 nitrogen and oxygen atoms in total. The Kier molecular flexibility index (Phi) is 19.9. The fraction of sp³-hybridized carbons (Fsp3) is 0.200. The number of hydrogen-bond acceptors (Lipinski definition) is 12. The van der Waals surface area contributed by atoms with Crippen LogP contribution in [0.25, 0.3) is 0 Å². The number of methoxy groups -OCH3 is 4. The quantitative estimate of drug-likeness (QED) is 0.161. The predicted molar refractivity (Wildman–Crippen MR) is 282 cm³/mol. The van der Waals surface area contributed by atoms with Gasteiger partial charge in [-0.05, 0) is 70.8 Å². The molecule has 12 heteroatoms. The van der Waals surface area contributed by atoms with Crippen molar-refractivity contribution in [3.05, 3.63) is 188 Å². The van der Waals surface area contributed by atoms with E-state index in [1.807, 2.05) is 121 Å². The first-order chi connectivity index (χ1) is 35.5. The molecule has 0 spiro atoms. The molecule has 0 aliphatic carbocycles. The van der Waals surface area contributed by atoms with Crippen LogP contribution in [0.4, 0.5) is 0 Å². The summed E-state index contributed by atoms with van der Waals surface area (Å²) < 4.78 is 45.2. The molecule has 0 saturated carbocycles. The normalized spacial score (nSPS) is 13.5. The van der Waals surface area contributed by atoms with Crippen LogP contribution in [0.1, 0.15) is 66.8 Å². The van der Waals surface area contributed by atoms with E-state index in [-0.39, 0.29) is 26.9 Å². The van der Waals surface area contributed by atoms with Gasteiger partial charge in [0.25, 0.3) is 0 Å². The largest absolute Gasteiger partial charge is 0.495 e. The number of hydrogen-bond donors (Lipinski definition) is 0. The Morgan fingerprint density at radius 1 is 0.306 bits per heavy atom. The summed E-state index contributed by atoms with van der Waals surface area (Å²) in [5.74, 6) is 28.1. The minimum Gasteiger partial charge on any atom is -0.495 e. The highest BCUT2D eigenvalue weighted by atomic mass is 16.5. The second kappa shape index (κ2) is 28.1. The second-order valence-corrected chi connectivity index (χ2v) is 15.4. The summed E-state index contributed by atoms with van der Waals surface area (Å²) >= 11 is 0. The van der Waals surface area contributed by atoms with Gasteiger partial charge in [0.1, 0.15) is 49.9 Å². The van der Waals surface area contributed by atoms with Crippen molar-refractivity contribution in [2.24, 2.45) is 20.0 Å². The smallest absolute Gasteiger partial charge is 0.137 e. The van der Waals surface area contributed by atoms with E-state index in [0.29, 0.717) is 71.7 Å². The number of aliphatic imine (C=N–C) groups is 4. The first-order valence-electron chi connectivity index (χ1n) is 22.8. The van der Waals surface area contributed by atoms with Crippen molar-refractivity contribution in [3.8, 4) is 70.4 Å². The van der Waals surface area contributed by atoms with Crippen molar-refractivity contribution in [1.82, 2.24) is 0 Å². The third-order valence-electron chi connectivity index (χ3n) is 10.4. The second-order valence-electron chi connectivity index (χ2n) is 15.4. The fourth-order valence-electron chi connectivity index (χ4n) is 6.63. The van der Waals surface area contributed by atoms with E-state index in [1.54, 1.807) is 53.3 Å². The van der Waals surface area contributed by atoms with E-state index in [0.717, 1.165) is 44.5 Å². The zero-order valence-electron chi connectivity index (χ0n) is 40.6. The van der Waals surface area contributed by atoms with Crippen LogP contribution in [0.2, 0.25) is 0 Å². The van der Waals surface area contributed by atoms with Gasteiger partial charge in [-0.2, -0.15) is 0 Å². The Morgan fingerprint density at radius 3 is 0.708 bits per heavy atom. The van der Waals surface area contributed by atoms with E-state index < -0.39 is 0 Å². The molecule has 72 heavy (non-hydrogen) atoms. The molecule has 16 aliphatic rings. The van der Waals surface area contributed by atoms with Crippen LogP contribution >= 0.6 is 0 Å². The first kappa shape index (κ1) is 51.1. The van der Waals surface area contributed by atoms with Gasteiger partial charge in [0.05, 0.1) is 77.1 Å². The summed E-state index contributed by atoms with van der Waals surface area (Å²) in [7, 11) is 6.43. The maximum absolute atomic E-state index is 5.69. The van der Waals surface area contributed by atoms with Crippen LogP contribution in [0.15, 0.2) is 141 Å². The molecule has 0 fully saturated rings. The van der Waals surface area contributed by atoms with Crippen molar-refractivity contribution in [2.45, 2.75) is 0 Å². The number of benzene rings is 6. The highest BCUT2D eigenvalue weighted by Gasteiger charge is 2.10. The lowest BCUT2D eigenvalue weighted by Gasteiger charge is -2.09. The van der Waals surface area contributed by atoms with Gasteiger partial charge in [0.2, 0.25) is 0 Å². The Labute approximate surface area is 421 Å². The summed E-state index contributed by atoms with van der Waals surface area (Å²) in [6, 6.07) is 38.4. The average Bonchev–Trinajstić information content (AvgIpc) is 3.42. The van der Waals surface area contributed by atoms with Gasteiger partial charge < -0.3 is 37.9 Å². The lowest BCUT2D eigenvalue weighted by molar-refractivity contribution is 0.0543. The summed E-state index contributed by atoms with van der Waals surface area (Å²) in [5, 5.41) is 0. The third-order valence-corrected chi connectivity index (χ3v) is 10.4. The van der Waals surface area contributed by atoms with Crippen molar-refractivity contribution in [2.75, 3.05) is 81.8 Å². The highest BCUT2D eigenvalue weighted by Crippen LogP contribution is 2.29. The molecular weight excluding hydrogens is 905 g/mol. The van der Waals surface area contributed by atoms with Gasteiger partial charge in [0.15, 0.2) is 0 Å². The third kappa shape index (κ3) is 16.2. The van der Waals surface area contributed by atoms with Crippen LogP contribution in [-0.2, 0) is 18.9 Å². The first-order valence-corrected chi connectivity index (χ1v) is 22.8. The highest BCUT2D eigenvalue weighted by molar-refractivity contribution is 5.81. The molecule has 0 atom stereocenters. The Bertz CT molecular complexity index is 2710. The summed E-state index contributed by atoms with van der Waals surface area (Å²) in [6.07, 6.45) is 7.03. The molecule has 0 saturated heterocycles. The summed E-state index contributed by atoms with van der Waals surface area (Å²) in [4.78, 5) is 17.5. The Hall–Kier alpha value is -8.72. The molecule has 0 amide bonds. The van der Waals surface area contributed by atoms with Crippen LogP contribution in [-0.4, -0.2) is 107 Å². The number of nitrogens with zero attached hydrogens (tertiary/aromatic N) is 4. The van der Waals surface area contributed by atoms with Crippen molar-refractivity contribution < 1.29 is 37.9 Å². The molecule has 0 radical (unpaired) electrons. The molecular formula is C60H52N4O8. The molecule has 0 unspecified atom stereocenters. The van der Waals surface area contributed by atoms with E-state index in [4.69, 9.17) is 37.9 Å². The lowest BCUT2D eigenvalue weighted by Crippen LogP contribution is -2.04. The zero-order valence-corrected chi connectivity index (χ0v) is 40.6. The molecule has 16 aliphatic heterocycles.